The molecule has 0 saturated carbocycles. The molecule has 2 aliphatic rings. The Kier molecular flexibility index (Phi) is 5.04. The molecule has 20 heavy (non-hydrogen) atoms. The molecule has 6 nitrogen and oxygen atoms in total. The van der Waals surface area contributed by atoms with Crippen molar-refractivity contribution >= 4 is 16.0 Å². The van der Waals surface area contributed by atoms with Crippen LogP contribution in [0.1, 0.15) is 26.2 Å². The first-order chi connectivity index (χ1) is 9.49. The number of nitrogens with one attached hydrogen (secondary N) is 1. The molecule has 0 radical (unpaired) electrons. The molecule has 0 spiro atoms. The van der Waals surface area contributed by atoms with Gasteiger partial charge in [-0.15, -0.1) is 0 Å². The first-order valence-corrected chi connectivity index (χ1v) is 8.87. The van der Waals surface area contributed by atoms with Crippen LogP contribution in [0.3, 0.4) is 0 Å². The zero-order valence-corrected chi connectivity index (χ0v) is 13.0. The summed E-state index contributed by atoms with van der Waals surface area (Å²) in [6, 6.07) is 0.109. The van der Waals surface area contributed by atoms with E-state index in [9.17, 15) is 13.2 Å². The molecular weight excluding hydrogens is 280 g/mol. The van der Waals surface area contributed by atoms with Crippen molar-refractivity contribution < 1.29 is 17.9 Å². The summed E-state index contributed by atoms with van der Waals surface area (Å²) in [7, 11) is -1.95. The Bertz CT molecular complexity index is 451. The van der Waals surface area contributed by atoms with Gasteiger partial charge in [0.1, 0.15) is 0 Å². The van der Waals surface area contributed by atoms with Crippen molar-refractivity contribution in [1.82, 2.24) is 9.62 Å². The molecule has 2 heterocycles. The third-order valence-corrected chi connectivity index (χ3v) is 6.40. The topological polar surface area (TPSA) is 75.7 Å². The monoisotopic (exact) mass is 304 g/mol. The summed E-state index contributed by atoms with van der Waals surface area (Å²) < 4.78 is 31.1. The minimum Gasteiger partial charge on any atom is -0.469 e. The van der Waals surface area contributed by atoms with E-state index in [2.05, 4.69) is 10.1 Å². The highest BCUT2D eigenvalue weighted by atomic mass is 32.2. The lowest BCUT2D eigenvalue weighted by atomic mass is 9.93. The summed E-state index contributed by atoms with van der Waals surface area (Å²) in [6.45, 7) is 4.49. The summed E-state index contributed by atoms with van der Waals surface area (Å²) in [6.07, 6.45) is 1.34. The second kappa shape index (κ2) is 6.41. The highest BCUT2D eigenvalue weighted by Gasteiger charge is 2.47. The van der Waals surface area contributed by atoms with Crippen LogP contribution < -0.4 is 5.32 Å². The van der Waals surface area contributed by atoms with E-state index in [1.807, 2.05) is 6.92 Å². The van der Waals surface area contributed by atoms with E-state index in [0.717, 1.165) is 19.5 Å². The summed E-state index contributed by atoms with van der Waals surface area (Å²) in [5.41, 5.74) is 0. The van der Waals surface area contributed by atoms with E-state index in [0.29, 0.717) is 24.8 Å². The summed E-state index contributed by atoms with van der Waals surface area (Å²) in [5, 5.41) is 3.34. The Labute approximate surface area is 120 Å². The van der Waals surface area contributed by atoms with Crippen LogP contribution in [-0.2, 0) is 19.6 Å². The van der Waals surface area contributed by atoms with Crippen LogP contribution in [0.25, 0.3) is 0 Å². The number of rotatable bonds is 6. The highest BCUT2D eigenvalue weighted by molar-refractivity contribution is 7.89. The Morgan fingerprint density at radius 2 is 2.15 bits per heavy atom. The standard InChI is InChI=1S/C13H24N2O4S/c1-3-12-11-8-14-7-10(11)9-15(12)20(17,18)6-4-5-13(16)19-2/h10-12,14H,3-9H2,1-2H3. The van der Waals surface area contributed by atoms with Gasteiger partial charge < -0.3 is 10.1 Å². The molecule has 2 saturated heterocycles. The van der Waals surface area contributed by atoms with Gasteiger partial charge in [0, 0.05) is 19.0 Å². The van der Waals surface area contributed by atoms with E-state index >= 15 is 0 Å². The van der Waals surface area contributed by atoms with Crippen molar-refractivity contribution in [2.75, 3.05) is 32.5 Å². The van der Waals surface area contributed by atoms with Crippen LogP contribution in [0, 0.1) is 11.8 Å². The lowest BCUT2D eigenvalue weighted by Gasteiger charge is -2.26. The van der Waals surface area contributed by atoms with Crippen molar-refractivity contribution in [2.24, 2.45) is 11.8 Å². The normalized spacial score (nSPS) is 30.4. The third-order valence-electron chi connectivity index (χ3n) is 4.46. The molecule has 1 N–H and O–H groups in total. The number of nitrogens with zero attached hydrogens (tertiary/aromatic N) is 1. The molecule has 0 aliphatic carbocycles. The molecule has 2 fully saturated rings. The molecule has 0 aromatic heterocycles. The number of fused-ring (bicyclic) bond motifs is 1. The van der Waals surface area contributed by atoms with Crippen LogP contribution in [-0.4, -0.2) is 57.2 Å². The fourth-order valence-electron chi connectivity index (χ4n) is 3.43. The number of ether oxygens (including phenoxy) is 1. The number of carbonyl (C=O) groups excluding carboxylic acids is 1. The first kappa shape index (κ1) is 15.7. The maximum absolute atomic E-state index is 12.5. The largest absolute Gasteiger partial charge is 0.469 e. The summed E-state index contributed by atoms with van der Waals surface area (Å²) in [4.78, 5) is 11.1. The number of hydrogen-bond acceptors (Lipinski definition) is 5. The average molecular weight is 304 g/mol. The van der Waals surface area contributed by atoms with Crippen LogP contribution in [0.15, 0.2) is 0 Å². The van der Waals surface area contributed by atoms with E-state index in [-0.39, 0.29) is 24.2 Å². The predicted octanol–water partition coefficient (Wildman–Crippen LogP) is 0.199. The molecule has 3 atom stereocenters. The van der Waals surface area contributed by atoms with Gasteiger partial charge in [-0.25, -0.2) is 8.42 Å². The summed E-state index contributed by atoms with van der Waals surface area (Å²) in [5.74, 6) is 0.561. The quantitative estimate of drug-likeness (QED) is 0.710. The molecule has 7 heteroatoms. The van der Waals surface area contributed by atoms with Crippen LogP contribution in [0.2, 0.25) is 0 Å². The summed E-state index contributed by atoms with van der Waals surface area (Å²) >= 11 is 0. The molecule has 2 aliphatic heterocycles. The van der Waals surface area contributed by atoms with E-state index in [1.54, 1.807) is 4.31 Å². The molecule has 2 rings (SSSR count). The fraction of sp³-hybridized carbons (Fsp3) is 0.923. The van der Waals surface area contributed by atoms with Crippen LogP contribution >= 0.6 is 0 Å². The Morgan fingerprint density at radius 3 is 2.80 bits per heavy atom. The molecule has 0 bridgehead atoms. The zero-order valence-electron chi connectivity index (χ0n) is 12.2. The minimum absolute atomic E-state index is 0.0332. The van der Waals surface area contributed by atoms with Crippen molar-refractivity contribution in [3.63, 3.8) is 0 Å². The van der Waals surface area contributed by atoms with E-state index < -0.39 is 10.0 Å². The molecule has 0 aromatic carbocycles. The van der Waals surface area contributed by atoms with Gasteiger partial charge in [-0.05, 0) is 37.8 Å². The van der Waals surface area contributed by atoms with Gasteiger partial charge in [0.25, 0.3) is 0 Å². The second-order valence-corrected chi connectivity index (χ2v) is 7.66. The smallest absolute Gasteiger partial charge is 0.305 e. The van der Waals surface area contributed by atoms with Gasteiger partial charge in [-0.2, -0.15) is 4.31 Å². The number of methoxy groups -OCH3 is 1. The number of sulfonamides is 1. The average Bonchev–Trinajstić information content (AvgIpc) is 2.98. The van der Waals surface area contributed by atoms with Crippen molar-refractivity contribution in [1.29, 1.82) is 0 Å². The van der Waals surface area contributed by atoms with Gasteiger partial charge >= 0.3 is 5.97 Å². The van der Waals surface area contributed by atoms with Crippen molar-refractivity contribution in [3.05, 3.63) is 0 Å². The van der Waals surface area contributed by atoms with Gasteiger partial charge in [0.15, 0.2) is 0 Å². The van der Waals surface area contributed by atoms with Crippen LogP contribution in [0.5, 0.6) is 0 Å². The second-order valence-electron chi connectivity index (χ2n) is 5.62. The first-order valence-electron chi connectivity index (χ1n) is 7.26. The van der Waals surface area contributed by atoms with Crippen LogP contribution in [0.4, 0.5) is 0 Å². The van der Waals surface area contributed by atoms with Gasteiger partial charge in [-0.1, -0.05) is 6.92 Å². The number of esters is 1. The van der Waals surface area contributed by atoms with Crippen molar-refractivity contribution in [2.45, 2.75) is 32.2 Å². The van der Waals surface area contributed by atoms with Gasteiger partial charge in [0.05, 0.1) is 12.9 Å². The maximum Gasteiger partial charge on any atom is 0.305 e. The predicted molar refractivity (Wildman–Crippen MR) is 75.7 cm³/mol. The maximum atomic E-state index is 12.5. The highest BCUT2D eigenvalue weighted by Crippen LogP contribution is 2.36. The Balaban J connectivity index is 1.96. The SMILES string of the molecule is CCC1C2CNCC2CN1S(=O)(=O)CCCC(=O)OC. The minimum atomic E-state index is -3.27. The Morgan fingerprint density at radius 1 is 1.40 bits per heavy atom. The molecule has 116 valence electrons. The molecule has 0 aromatic rings. The zero-order chi connectivity index (χ0) is 14.8. The molecular formula is C13H24N2O4S. The van der Waals surface area contributed by atoms with E-state index in [1.165, 1.54) is 7.11 Å². The number of hydrogen-bond donors (Lipinski definition) is 1. The lowest BCUT2D eigenvalue weighted by Crippen LogP contribution is -2.40. The fourth-order valence-corrected chi connectivity index (χ4v) is 5.31. The van der Waals surface area contributed by atoms with Gasteiger partial charge in [0.2, 0.25) is 10.0 Å². The van der Waals surface area contributed by atoms with E-state index in [4.69, 9.17) is 0 Å². The molecule has 0 amide bonds. The molecule has 3 unspecified atom stereocenters. The number of carbonyl (C=O) groups is 1. The van der Waals surface area contributed by atoms with Gasteiger partial charge in [-0.3, -0.25) is 4.79 Å². The third kappa shape index (κ3) is 3.15. The lowest BCUT2D eigenvalue weighted by molar-refractivity contribution is -0.140. The Hall–Kier alpha value is -0.660. The van der Waals surface area contributed by atoms with Crippen molar-refractivity contribution in [3.8, 4) is 0 Å².